The lowest BCUT2D eigenvalue weighted by Crippen LogP contribution is -2.33. The van der Waals surface area contributed by atoms with Crippen LogP contribution in [-0.4, -0.2) is 19.2 Å². The predicted octanol–water partition coefficient (Wildman–Crippen LogP) is 12.0. The fourth-order valence-corrected chi connectivity index (χ4v) is 7.15. The molecule has 276 valence electrons. The highest BCUT2D eigenvalue weighted by molar-refractivity contribution is 6.09. The Morgan fingerprint density at radius 1 is 0.545 bits per heavy atom. The highest BCUT2D eigenvalue weighted by Gasteiger charge is 2.26. The Hall–Kier alpha value is -6.01. The van der Waals surface area contributed by atoms with Crippen LogP contribution in [0.2, 0.25) is 0 Å². The fourth-order valence-electron chi connectivity index (χ4n) is 7.15. The van der Waals surface area contributed by atoms with Crippen LogP contribution in [0, 0.1) is 0 Å². The van der Waals surface area contributed by atoms with Gasteiger partial charge in [-0.15, -0.1) is 0 Å². The smallest absolute Gasteiger partial charge is 0.277 e. The summed E-state index contributed by atoms with van der Waals surface area (Å²) in [6.45, 7) is 20.3. The van der Waals surface area contributed by atoms with Gasteiger partial charge in [-0.3, -0.25) is 4.57 Å². The van der Waals surface area contributed by atoms with Gasteiger partial charge in [0.25, 0.3) is 12.2 Å². The molecule has 6 heteroatoms. The Labute approximate surface area is 324 Å². The van der Waals surface area contributed by atoms with Crippen LogP contribution >= 0.6 is 0 Å². The molecule has 0 radical (unpaired) electrons. The van der Waals surface area contributed by atoms with Gasteiger partial charge in [0.2, 0.25) is 0 Å². The average Bonchev–Trinajstić information content (AvgIpc) is 3.74. The van der Waals surface area contributed by atoms with Crippen molar-refractivity contribution in [3.63, 3.8) is 0 Å². The summed E-state index contributed by atoms with van der Waals surface area (Å²) in [5.74, 6) is 3.21. The second-order valence-electron chi connectivity index (χ2n) is 17.7. The lowest BCUT2D eigenvalue weighted by molar-refractivity contribution is -0.656. The molecule has 0 spiro atoms. The fraction of sp³-hybridized carbons (Fsp3) is 0.245. The Morgan fingerprint density at radius 3 is 1.91 bits per heavy atom. The highest BCUT2D eigenvalue weighted by Crippen LogP contribution is 2.37. The molecule has 0 aliphatic carbocycles. The molecular weight excluding hydrogens is 675 g/mol. The van der Waals surface area contributed by atoms with E-state index in [2.05, 4.69) is 187 Å². The minimum absolute atomic E-state index is 0.00352. The van der Waals surface area contributed by atoms with Crippen LogP contribution in [0.1, 0.15) is 79.0 Å². The van der Waals surface area contributed by atoms with E-state index in [1.54, 1.807) is 0 Å². The SMILES string of the molecule is CC(C)(C)c1cc(-[n+]2cn(-c3cccc(Oc4ccc5c6ccccc6n(-c6cc(C(C)(C)C)ccn6)c5c4)c3)c(-c3ccccc3)n2)cc(C(C)(C)C)c1. The first kappa shape index (κ1) is 36.0. The van der Waals surface area contributed by atoms with Crippen LogP contribution in [0.3, 0.4) is 0 Å². The number of hydrogen-bond acceptors (Lipinski definition) is 3. The molecule has 55 heavy (non-hydrogen) atoms. The van der Waals surface area contributed by atoms with Crippen molar-refractivity contribution in [3.05, 3.63) is 157 Å². The van der Waals surface area contributed by atoms with E-state index in [1.165, 1.54) is 22.1 Å². The number of hydrogen-bond donors (Lipinski definition) is 0. The zero-order valence-electron chi connectivity index (χ0n) is 33.4. The van der Waals surface area contributed by atoms with Crippen LogP contribution in [0.4, 0.5) is 0 Å². The van der Waals surface area contributed by atoms with Crippen molar-refractivity contribution in [3.8, 4) is 40.1 Å². The number of benzene rings is 5. The van der Waals surface area contributed by atoms with E-state index in [-0.39, 0.29) is 16.2 Å². The maximum Gasteiger partial charge on any atom is 0.277 e. The first-order valence-electron chi connectivity index (χ1n) is 19.2. The van der Waals surface area contributed by atoms with Gasteiger partial charge in [0.15, 0.2) is 5.69 Å². The summed E-state index contributed by atoms with van der Waals surface area (Å²) in [5, 5.41) is 7.56. The molecular formula is C49H50N5O+. The van der Waals surface area contributed by atoms with E-state index in [0.29, 0.717) is 0 Å². The number of fused-ring (bicyclic) bond motifs is 3. The lowest BCUT2D eigenvalue weighted by atomic mass is 9.80. The maximum atomic E-state index is 6.68. The number of pyridine rings is 1. The quantitative estimate of drug-likeness (QED) is 0.160. The largest absolute Gasteiger partial charge is 0.457 e. The highest BCUT2D eigenvalue weighted by atomic mass is 16.5. The van der Waals surface area contributed by atoms with Crippen molar-refractivity contribution in [2.75, 3.05) is 0 Å². The molecule has 5 aromatic carbocycles. The second kappa shape index (κ2) is 13.4. The molecule has 0 fully saturated rings. The standard InChI is InChI=1S/C49H50N5O/c1-47(2,3)34-24-25-50-45(29-34)54-43-21-14-13-20-41(43)42-23-22-40(31-44(42)54)55-39-19-15-18-37(30-39)52-32-53(51-46(52)33-16-11-10-12-17-33)38-27-35(48(4,5)6)26-36(28-38)49(7,8)9/h10-32H,1-9H3/q+1. The maximum absolute atomic E-state index is 6.68. The van der Waals surface area contributed by atoms with Crippen molar-refractivity contribution in [1.82, 2.24) is 19.2 Å². The molecule has 3 heterocycles. The monoisotopic (exact) mass is 724 g/mol. The van der Waals surface area contributed by atoms with Crippen LogP contribution in [0.25, 0.3) is 50.4 Å². The normalized spacial score (nSPS) is 12.5. The number of rotatable bonds is 6. The summed E-state index contributed by atoms with van der Waals surface area (Å²) in [5.41, 5.74) is 8.92. The Bertz CT molecular complexity index is 2650. The van der Waals surface area contributed by atoms with Gasteiger partial charge in [0, 0.05) is 34.7 Å². The Kier molecular flexibility index (Phi) is 8.76. The number of aromatic nitrogens is 5. The van der Waals surface area contributed by atoms with Crippen LogP contribution < -0.4 is 9.42 Å². The van der Waals surface area contributed by atoms with E-state index >= 15 is 0 Å². The van der Waals surface area contributed by atoms with Gasteiger partial charge in [0.05, 0.1) is 11.0 Å². The van der Waals surface area contributed by atoms with Gasteiger partial charge in [-0.25, -0.2) is 4.98 Å². The second-order valence-corrected chi connectivity index (χ2v) is 17.7. The summed E-state index contributed by atoms with van der Waals surface area (Å²) in [7, 11) is 0. The first-order chi connectivity index (χ1) is 26.1. The van der Waals surface area contributed by atoms with Crippen molar-refractivity contribution < 1.29 is 9.42 Å². The molecule has 0 amide bonds. The molecule has 0 saturated carbocycles. The van der Waals surface area contributed by atoms with Gasteiger partial charge in [-0.1, -0.05) is 116 Å². The molecule has 0 aliphatic rings. The van der Waals surface area contributed by atoms with Crippen molar-refractivity contribution in [2.45, 2.75) is 78.6 Å². The molecule has 0 N–H and O–H groups in total. The third-order valence-electron chi connectivity index (χ3n) is 10.4. The average molecular weight is 725 g/mol. The number of nitrogens with zero attached hydrogens (tertiary/aromatic N) is 5. The molecule has 0 unspecified atom stereocenters. The number of ether oxygens (including phenoxy) is 1. The van der Waals surface area contributed by atoms with E-state index < -0.39 is 0 Å². The van der Waals surface area contributed by atoms with Gasteiger partial charge < -0.3 is 4.74 Å². The van der Waals surface area contributed by atoms with Gasteiger partial charge in [-0.2, -0.15) is 4.57 Å². The van der Waals surface area contributed by atoms with Crippen LogP contribution in [0.5, 0.6) is 11.5 Å². The molecule has 8 aromatic rings. The van der Waals surface area contributed by atoms with Crippen molar-refractivity contribution in [1.29, 1.82) is 0 Å². The van der Waals surface area contributed by atoms with Gasteiger partial charge in [-0.05, 0) is 105 Å². The molecule has 0 aliphatic heterocycles. The molecule has 0 atom stereocenters. The van der Waals surface area contributed by atoms with Crippen LogP contribution in [-0.2, 0) is 16.2 Å². The molecule has 6 nitrogen and oxygen atoms in total. The Morgan fingerprint density at radius 2 is 1.20 bits per heavy atom. The summed E-state index contributed by atoms with van der Waals surface area (Å²) in [4.78, 5) is 4.86. The van der Waals surface area contributed by atoms with Crippen molar-refractivity contribution >= 4 is 21.8 Å². The third-order valence-corrected chi connectivity index (χ3v) is 10.4. The lowest BCUT2D eigenvalue weighted by Gasteiger charge is -2.25. The number of para-hydroxylation sites is 1. The summed E-state index contributed by atoms with van der Waals surface area (Å²) in [6, 6.07) is 44.6. The topological polar surface area (TPSA) is 48.8 Å². The summed E-state index contributed by atoms with van der Waals surface area (Å²) in [6.07, 6.45) is 4.00. The third kappa shape index (κ3) is 7.05. The van der Waals surface area contributed by atoms with Gasteiger partial charge >= 0.3 is 0 Å². The zero-order chi connectivity index (χ0) is 38.7. The minimum Gasteiger partial charge on any atom is -0.457 e. The van der Waals surface area contributed by atoms with Crippen LogP contribution in [0.15, 0.2) is 140 Å². The minimum atomic E-state index is -0.0165. The molecule has 0 bridgehead atoms. The van der Waals surface area contributed by atoms with E-state index in [4.69, 9.17) is 14.8 Å². The molecule has 3 aromatic heterocycles. The predicted molar refractivity (Wildman–Crippen MR) is 225 cm³/mol. The Balaban J connectivity index is 1.22. The van der Waals surface area contributed by atoms with E-state index in [0.717, 1.165) is 56.5 Å². The molecule has 0 saturated heterocycles. The summed E-state index contributed by atoms with van der Waals surface area (Å²) < 4.78 is 13.1. The zero-order valence-corrected chi connectivity index (χ0v) is 33.4. The van der Waals surface area contributed by atoms with E-state index in [1.807, 2.05) is 29.1 Å². The summed E-state index contributed by atoms with van der Waals surface area (Å²) >= 11 is 0. The van der Waals surface area contributed by atoms with Gasteiger partial charge in [0.1, 0.15) is 23.0 Å². The molecule has 8 rings (SSSR count). The van der Waals surface area contributed by atoms with Crippen molar-refractivity contribution in [2.24, 2.45) is 0 Å². The van der Waals surface area contributed by atoms with E-state index in [9.17, 15) is 0 Å². The first-order valence-corrected chi connectivity index (χ1v) is 19.2.